The molecule has 28 heavy (non-hydrogen) atoms. The van der Waals surface area contributed by atoms with Gasteiger partial charge in [-0.1, -0.05) is 34.4 Å². The van der Waals surface area contributed by atoms with Crippen molar-refractivity contribution in [2.75, 3.05) is 20.8 Å². The predicted octanol–water partition coefficient (Wildman–Crippen LogP) is 4.64. The van der Waals surface area contributed by atoms with Gasteiger partial charge in [0.1, 0.15) is 0 Å². The summed E-state index contributed by atoms with van der Waals surface area (Å²) in [6.07, 6.45) is 0.629. The summed E-state index contributed by atoms with van der Waals surface area (Å²) in [5, 5.41) is 7.48. The molecular weight excluding hydrogens is 403 g/mol. The van der Waals surface area contributed by atoms with Gasteiger partial charge in [0.05, 0.1) is 24.3 Å². The van der Waals surface area contributed by atoms with E-state index in [4.69, 9.17) is 37.2 Å². The summed E-state index contributed by atoms with van der Waals surface area (Å²) in [5.41, 5.74) is 1.88. The standard InChI is InChI=1S/C20H18Cl2N2O4/c1-26-17-6-3-12(9-19(17)27-2)7-8-23-20(25)16-11-18(28-24-16)13-4-5-14(21)15(22)10-13/h3-6,9-11H,7-8H2,1-2H3,(H,23,25). The van der Waals surface area contributed by atoms with Crippen LogP contribution in [0.3, 0.4) is 0 Å². The van der Waals surface area contributed by atoms with Crippen LogP contribution in [0.15, 0.2) is 47.0 Å². The Labute approximate surface area is 172 Å². The summed E-state index contributed by atoms with van der Waals surface area (Å²) >= 11 is 11.9. The van der Waals surface area contributed by atoms with Crippen LogP contribution in [0.2, 0.25) is 10.0 Å². The number of hydrogen-bond acceptors (Lipinski definition) is 5. The normalized spacial score (nSPS) is 10.6. The number of nitrogens with zero attached hydrogens (tertiary/aromatic N) is 1. The molecule has 8 heteroatoms. The zero-order chi connectivity index (χ0) is 20.1. The molecule has 1 heterocycles. The number of ether oxygens (including phenoxy) is 2. The van der Waals surface area contributed by atoms with Crippen LogP contribution in [0.25, 0.3) is 11.3 Å². The van der Waals surface area contributed by atoms with E-state index in [2.05, 4.69) is 10.5 Å². The minimum atomic E-state index is -0.324. The van der Waals surface area contributed by atoms with Gasteiger partial charge in [0, 0.05) is 18.2 Å². The first kappa shape index (κ1) is 20.0. The zero-order valence-corrected chi connectivity index (χ0v) is 16.8. The van der Waals surface area contributed by atoms with Crippen LogP contribution in [0, 0.1) is 0 Å². The molecule has 0 aliphatic rings. The van der Waals surface area contributed by atoms with Crippen molar-refractivity contribution in [3.63, 3.8) is 0 Å². The van der Waals surface area contributed by atoms with Gasteiger partial charge in [-0.05, 0) is 42.3 Å². The third-order valence-corrected chi connectivity index (χ3v) is 4.83. The number of aromatic nitrogens is 1. The van der Waals surface area contributed by atoms with Gasteiger partial charge < -0.3 is 19.3 Å². The molecule has 0 aliphatic carbocycles. The molecule has 0 radical (unpaired) electrons. The first-order valence-electron chi connectivity index (χ1n) is 8.43. The summed E-state index contributed by atoms with van der Waals surface area (Å²) < 4.78 is 15.7. The lowest BCUT2D eigenvalue weighted by Gasteiger charge is -2.09. The summed E-state index contributed by atoms with van der Waals surface area (Å²) in [5.74, 6) is 1.42. The number of hydrogen-bond donors (Lipinski definition) is 1. The van der Waals surface area contributed by atoms with Gasteiger partial charge in [0.2, 0.25) is 0 Å². The van der Waals surface area contributed by atoms with Crippen molar-refractivity contribution in [1.29, 1.82) is 0 Å². The second-order valence-electron chi connectivity index (χ2n) is 5.90. The van der Waals surface area contributed by atoms with Crippen molar-refractivity contribution in [1.82, 2.24) is 10.5 Å². The quantitative estimate of drug-likeness (QED) is 0.602. The van der Waals surface area contributed by atoms with E-state index in [9.17, 15) is 4.79 Å². The molecule has 0 aliphatic heterocycles. The Bertz CT molecular complexity index is 988. The van der Waals surface area contributed by atoms with E-state index in [-0.39, 0.29) is 11.6 Å². The lowest BCUT2D eigenvalue weighted by Crippen LogP contribution is -2.25. The molecule has 2 aromatic carbocycles. The molecule has 1 aromatic heterocycles. The van der Waals surface area contributed by atoms with Crippen LogP contribution >= 0.6 is 23.2 Å². The SMILES string of the molecule is COc1ccc(CCNC(=O)c2cc(-c3ccc(Cl)c(Cl)c3)on2)cc1OC. The second kappa shape index (κ2) is 8.99. The maximum Gasteiger partial charge on any atom is 0.273 e. The topological polar surface area (TPSA) is 73.6 Å². The maximum absolute atomic E-state index is 12.3. The highest BCUT2D eigenvalue weighted by molar-refractivity contribution is 6.42. The number of halogens is 2. The Morgan fingerprint density at radius 3 is 2.54 bits per heavy atom. The zero-order valence-electron chi connectivity index (χ0n) is 15.3. The van der Waals surface area contributed by atoms with Crippen molar-refractivity contribution in [3.8, 4) is 22.8 Å². The van der Waals surface area contributed by atoms with Crippen molar-refractivity contribution in [2.45, 2.75) is 6.42 Å². The molecule has 0 spiro atoms. The van der Waals surface area contributed by atoms with E-state index >= 15 is 0 Å². The average Bonchev–Trinajstić information content (AvgIpc) is 3.20. The van der Waals surface area contributed by atoms with E-state index in [0.717, 1.165) is 5.56 Å². The number of methoxy groups -OCH3 is 2. The molecule has 0 bridgehead atoms. The number of carbonyl (C=O) groups excluding carboxylic acids is 1. The number of amides is 1. The Hall–Kier alpha value is -2.70. The Balaban J connectivity index is 1.60. The minimum Gasteiger partial charge on any atom is -0.493 e. The van der Waals surface area contributed by atoms with Gasteiger partial charge in [-0.3, -0.25) is 4.79 Å². The highest BCUT2D eigenvalue weighted by Crippen LogP contribution is 2.29. The van der Waals surface area contributed by atoms with Gasteiger partial charge in [0.15, 0.2) is 23.0 Å². The Morgan fingerprint density at radius 1 is 1.04 bits per heavy atom. The molecule has 3 rings (SSSR count). The van der Waals surface area contributed by atoms with E-state index < -0.39 is 0 Å². The lowest BCUT2D eigenvalue weighted by atomic mass is 10.1. The van der Waals surface area contributed by atoms with Crippen LogP contribution < -0.4 is 14.8 Å². The highest BCUT2D eigenvalue weighted by Gasteiger charge is 2.14. The van der Waals surface area contributed by atoms with Gasteiger partial charge in [0.25, 0.3) is 5.91 Å². The molecule has 0 saturated heterocycles. The third-order valence-electron chi connectivity index (χ3n) is 4.09. The fourth-order valence-corrected chi connectivity index (χ4v) is 2.91. The summed E-state index contributed by atoms with van der Waals surface area (Å²) in [6, 6.07) is 12.2. The molecule has 6 nitrogen and oxygen atoms in total. The fraction of sp³-hybridized carbons (Fsp3) is 0.200. The fourth-order valence-electron chi connectivity index (χ4n) is 2.61. The van der Waals surface area contributed by atoms with Crippen LogP contribution in [-0.2, 0) is 6.42 Å². The minimum absolute atomic E-state index is 0.188. The van der Waals surface area contributed by atoms with Gasteiger partial charge in [-0.2, -0.15) is 0 Å². The smallest absolute Gasteiger partial charge is 0.273 e. The van der Waals surface area contributed by atoms with Crippen LogP contribution in [0.4, 0.5) is 0 Å². The van der Waals surface area contributed by atoms with Gasteiger partial charge >= 0.3 is 0 Å². The van der Waals surface area contributed by atoms with E-state index in [0.29, 0.717) is 45.8 Å². The average molecular weight is 421 g/mol. The Morgan fingerprint density at radius 2 is 1.82 bits per heavy atom. The second-order valence-corrected chi connectivity index (χ2v) is 6.71. The maximum atomic E-state index is 12.3. The van der Waals surface area contributed by atoms with E-state index in [1.54, 1.807) is 38.5 Å². The molecular formula is C20H18Cl2N2O4. The molecule has 3 aromatic rings. The first-order chi connectivity index (χ1) is 13.5. The number of carbonyl (C=O) groups is 1. The molecule has 1 amide bonds. The largest absolute Gasteiger partial charge is 0.493 e. The van der Waals surface area contributed by atoms with Crippen LogP contribution in [0.1, 0.15) is 16.1 Å². The number of nitrogens with one attached hydrogen (secondary N) is 1. The van der Waals surface area contributed by atoms with Crippen molar-refractivity contribution >= 4 is 29.1 Å². The lowest BCUT2D eigenvalue weighted by molar-refractivity contribution is 0.0945. The molecule has 0 atom stereocenters. The monoisotopic (exact) mass is 420 g/mol. The number of rotatable bonds is 7. The third kappa shape index (κ3) is 4.58. The molecule has 0 saturated carbocycles. The summed E-state index contributed by atoms with van der Waals surface area (Å²) in [6.45, 7) is 0.434. The van der Waals surface area contributed by atoms with E-state index in [1.165, 1.54) is 0 Å². The summed E-state index contributed by atoms with van der Waals surface area (Å²) in [4.78, 5) is 12.3. The van der Waals surface area contributed by atoms with Crippen molar-refractivity contribution in [2.24, 2.45) is 0 Å². The first-order valence-corrected chi connectivity index (χ1v) is 9.18. The van der Waals surface area contributed by atoms with E-state index in [1.807, 2.05) is 18.2 Å². The highest BCUT2D eigenvalue weighted by atomic mass is 35.5. The van der Waals surface area contributed by atoms with Crippen molar-refractivity contribution < 1.29 is 18.8 Å². The number of benzene rings is 2. The summed E-state index contributed by atoms with van der Waals surface area (Å²) in [7, 11) is 3.17. The van der Waals surface area contributed by atoms with Crippen LogP contribution in [0.5, 0.6) is 11.5 Å². The van der Waals surface area contributed by atoms with Crippen LogP contribution in [-0.4, -0.2) is 31.8 Å². The molecule has 0 unspecified atom stereocenters. The van der Waals surface area contributed by atoms with Gasteiger partial charge in [-0.15, -0.1) is 0 Å². The van der Waals surface area contributed by atoms with Gasteiger partial charge in [-0.25, -0.2) is 0 Å². The van der Waals surface area contributed by atoms with Crippen molar-refractivity contribution in [3.05, 3.63) is 63.8 Å². The molecule has 0 fully saturated rings. The predicted molar refractivity (Wildman–Crippen MR) is 108 cm³/mol. The molecule has 1 N–H and O–H groups in total. The molecule has 146 valence electrons. The Kier molecular flexibility index (Phi) is 6.44.